The van der Waals surface area contributed by atoms with Gasteiger partial charge in [-0.25, -0.2) is 8.42 Å². The number of phenols is 2. The number of nitro groups is 1. The van der Waals surface area contributed by atoms with Crippen molar-refractivity contribution in [2.75, 3.05) is 0 Å². The van der Waals surface area contributed by atoms with Gasteiger partial charge in [0, 0.05) is 38.6 Å². The summed E-state index contributed by atoms with van der Waals surface area (Å²) in [4.78, 5) is 19.0. The Kier molecular flexibility index (Phi) is 8.05. The SMILES string of the molecule is O=[N+]([O-])c1cc(Br)cc(C=Nc2ccc(S(=O)(=O)c3ccc(N=Cc4cc(Br)ccc4O)cc3)cc2)c1O. The predicted octanol–water partition coefficient (Wildman–Crippen LogP) is 6.87. The highest BCUT2D eigenvalue weighted by molar-refractivity contribution is 9.10. The van der Waals surface area contributed by atoms with Gasteiger partial charge in [0.2, 0.25) is 15.6 Å². The van der Waals surface area contributed by atoms with Gasteiger partial charge in [-0.3, -0.25) is 20.1 Å². The molecule has 0 unspecified atom stereocenters. The quantitative estimate of drug-likeness (QED) is 0.126. The van der Waals surface area contributed by atoms with Crippen LogP contribution >= 0.6 is 31.9 Å². The minimum absolute atomic E-state index is 0.0488. The average Bonchev–Trinajstić information content (AvgIpc) is 2.89. The summed E-state index contributed by atoms with van der Waals surface area (Å²) in [6.07, 6.45) is 2.73. The van der Waals surface area contributed by atoms with Crippen LogP contribution in [0.2, 0.25) is 0 Å². The molecule has 0 aliphatic carbocycles. The zero-order valence-electron chi connectivity index (χ0n) is 19.2. The molecular formula is C26H17Br2N3O6S. The zero-order valence-corrected chi connectivity index (χ0v) is 23.2. The third kappa shape index (κ3) is 6.15. The van der Waals surface area contributed by atoms with E-state index in [1.807, 2.05) is 0 Å². The van der Waals surface area contributed by atoms with Crippen LogP contribution in [0.25, 0.3) is 0 Å². The van der Waals surface area contributed by atoms with Crippen LogP contribution in [0.1, 0.15) is 11.1 Å². The lowest BCUT2D eigenvalue weighted by Gasteiger charge is -2.06. The van der Waals surface area contributed by atoms with E-state index in [0.717, 1.165) is 4.47 Å². The average molecular weight is 659 g/mol. The normalized spacial score (nSPS) is 11.8. The molecule has 0 aromatic heterocycles. The number of rotatable bonds is 7. The monoisotopic (exact) mass is 657 g/mol. The zero-order chi connectivity index (χ0) is 27.4. The molecule has 0 aliphatic rings. The van der Waals surface area contributed by atoms with Crippen LogP contribution < -0.4 is 0 Å². The highest BCUT2D eigenvalue weighted by Crippen LogP contribution is 2.33. The first-order valence-electron chi connectivity index (χ1n) is 10.7. The highest BCUT2D eigenvalue weighted by Gasteiger charge is 2.19. The van der Waals surface area contributed by atoms with Crippen LogP contribution in [-0.4, -0.2) is 36.0 Å². The van der Waals surface area contributed by atoms with E-state index in [1.165, 1.54) is 67.0 Å². The molecule has 9 nitrogen and oxygen atoms in total. The minimum Gasteiger partial charge on any atom is -0.507 e. The van der Waals surface area contributed by atoms with Crippen molar-refractivity contribution in [3.05, 3.63) is 109 Å². The van der Waals surface area contributed by atoms with Gasteiger partial charge in [-0.15, -0.1) is 0 Å². The number of phenolic OH excluding ortho intramolecular Hbond substituents is 2. The first-order chi connectivity index (χ1) is 18.0. The molecule has 0 fully saturated rings. The molecule has 0 heterocycles. The van der Waals surface area contributed by atoms with Gasteiger partial charge >= 0.3 is 5.69 Å². The van der Waals surface area contributed by atoms with Gasteiger partial charge in [0.15, 0.2) is 0 Å². The van der Waals surface area contributed by atoms with Gasteiger partial charge in [0.25, 0.3) is 0 Å². The molecule has 2 N–H and O–H groups in total. The topological polar surface area (TPSA) is 142 Å². The van der Waals surface area contributed by atoms with Gasteiger partial charge in [-0.2, -0.15) is 0 Å². The van der Waals surface area contributed by atoms with Crippen molar-refractivity contribution < 1.29 is 23.6 Å². The molecule has 4 aromatic carbocycles. The maximum absolute atomic E-state index is 13.1. The van der Waals surface area contributed by atoms with Crippen LogP contribution in [0, 0.1) is 10.1 Å². The lowest BCUT2D eigenvalue weighted by Crippen LogP contribution is -2.01. The van der Waals surface area contributed by atoms with E-state index < -0.39 is 26.2 Å². The summed E-state index contributed by atoms with van der Waals surface area (Å²) in [6, 6.07) is 19.3. The fourth-order valence-corrected chi connectivity index (χ4v) is 5.42. The smallest absolute Gasteiger partial charge is 0.312 e. The first-order valence-corrected chi connectivity index (χ1v) is 13.8. The Hall–Kier alpha value is -3.87. The van der Waals surface area contributed by atoms with Gasteiger partial charge in [0.05, 0.1) is 26.1 Å². The number of hydrogen-bond donors (Lipinski definition) is 2. The van der Waals surface area contributed by atoms with Gasteiger partial charge < -0.3 is 10.2 Å². The third-order valence-electron chi connectivity index (χ3n) is 5.27. The van der Waals surface area contributed by atoms with E-state index in [9.17, 15) is 28.7 Å². The summed E-state index contributed by atoms with van der Waals surface area (Å²) < 4.78 is 27.3. The molecule has 12 heteroatoms. The third-order valence-corrected chi connectivity index (χ3v) is 8.01. The lowest BCUT2D eigenvalue weighted by atomic mass is 10.2. The number of halogens is 2. The summed E-state index contributed by atoms with van der Waals surface area (Å²) in [6.45, 7) is 0. The Morgan fingerprint density at radius 2 is 1.24 bits per heavy atom. The summed E-state index contributed by atoms with van der Waals surface area (Å²) >= 11 is 6.49. The second-order valence-corrected chi connectivity index (χ2v) is 11.6. The Labute approximate surface area is 234 Å². The number of nitro benzene ring substituents is 1. The number of aromatic hydroxyl groups is 2. The molecule has 0 radical (unpaired) electrons. The van der Waals surface area contributed by atoms with Crippen molar-refractivity contribution in [3.63, 3.8) is 0 Å². The Morgan fingerprint density at radius 3 is 1.76 bits per heavy atom. The van der Waals surface area contributed by atoms with Crippen molar-refractivity contribution in [2.45, 2.75) is 9.79 Å². The maximum Gasteiger partial charge on any atom is 0.312 e. The maximum atomic E-state index is 13.1. The van der Waals surface area contributed by atoms with Gasteiger partial charge in [-0.1, -0.05) is 31.9 Å². The minimum atomic E-state index is -3.82. The Morgan fingerprint density at radius 1 is 0.737 bits per heavy atom. The first kappa shape index (κ1) is 27.2. The molecule has 0 aliphatic heterocycles. The molecule has 38 heavy (non-hydrogen) atoms. The summed E-state index contributed by atoms with van der Waals surface area (Å²) in [5, 5.41) is 31.1. The van der Waals surface area contributed by atoms with Gasteiger partial charge in [0.1, 0.15) is 5.75 Å². The molecule has 192 valence electrons. The fraction of sp³-hybridized carbons (Fsp3) is 0. The summed E-state index contributed by atoms with van der Waals surface area (Å²) in [5.41, 5.74) is 1.05. The van der Waals surface area contributed by atoms with E-state index >= 15 is 0 Å². The number of nitrogens with zero attached hydrogens (tertiary/aromatic N) is 3. The van der Waals surface area contributed by atoms with E-state index in [-0.39, 0.29) is 21.1 Å². The van der Waals surface area contributed by atoms with Crippen molar-refractivity contribution >= 4 is 71.2 Å². The lowest BCUT2D eigenvalue weighted by molar-refractivity contribution is -0.385. The molecule has 0 amide bonds. The molecule has 4 rings (SSSR count). The van der Waals surface area contributed by atoms with Crippen molar-refractivity contribution in [1.82, 2.24) is 0 Å². The molecule has 4 aromatic rings. The van der Waals surface area contributed by atoms with Crippen molar-refractivity contribution in [3.8, 4) is 11.5 Å². The van der Waals surface area contributed by atoms with E-state index in [2.05, 4.69) is 41.8 Å². The van der Waals surface area contributed by atoms with Crippen LogP contribution in [-0.2, 0) is 9.84 Å². The van der Waals surface area contributed by atoms with Crippen LogP contribution in [0.3, 0.4) is 0 Å². The van der Waals surface area contributed by atoms with Crippen molar-refractivity contribution in [2.24, 2.45) is 9.98 Å². The van der Waals surface area contributed by atoms with Crippen molar-refractivity contribution in [1.29, 1.82) is 0 Å². The number of sulfone groups is 1. The number of hydrogen-bond acceptors (Lipinski definition) is 8. The second kappa shape index (κ2) is 11.3. The number of aliphatic imine (C=N–C) groups is 2. The molecular weight excluding hydrogens is 642 g/mol. The Bertz CT molecular complexity index is 1690. The van der Waals surface area contributed by atoms with E-state index in [0.29, 0.717) is 21.4 Å². The number of benzene rings is 4. The molecule has 0 saturated heterocycles. The summed E-state index contributed by atoms with van der Waals surface area (Å²) in [5.74, 6) is -0.457. The van der Waals surface area contributed by atoms with Gasteiger partial charge in [-0.05, 0) is 72.8 Å². The molecule has 0 atom stereocenters. The van der Waals surface area contributed by atoms with Crippen LogP contribution in [0.15, 0.2) is 108 Å². The largest absolute Gasteiger partial charge is 0.507 e. The standard InChI is InChI=1S/C26H17Br2N3O6S/c27-18-1-10-25(32)16(11-18)14-29-20-2-6-22(7-3-20)38(36,37)23-8-4-21(5-9-23)30-15-17-12-19(28)13-24(26(17)33)31(34)35/h1-15,32-33H. The fourth-order valence-electron chi connectivity index (χ4n) is 3.32. The summed E-state index contributed by atoms with van der Waals surface area (Å²) in [7, 11) is -3.82. The molecule has 0 saturated carbocycles. The van der Waals surface area contributed by atoms with E-state index in [4.69, 9.17) is 0 Å². The van der Waals surface area contributed by atoms with Crippen LogP contribution in [0.4, 0.5) is 17.1 Å². The molecule has 0 bridgehead atoms. The molecule has 0 spiro atoms. The second-order valence-electron chi connectivity index (χ2n) is 7.83. The van der Waals surface area contributed by atoms with Crippen LogP contribution in [0.5, 0.6) is 11.5 Å². The van der Waals surface area contributed by atoms with E-state index in [1.54, 1.807) is 24.3 Å². The highest BCUT2D eigenvalue weighted by atomic mass is 79.9. The Balaban J connectivity index is 1.51. The predicted molar refractivity (Wildman–Crippen MR) is 151 cm³/mol.